The molecule has 10 heteroatoms. The Morgan fingerprint density at radius 1 is 0.923 bits per heavy atom. The lowest BCUT2D eigenvalue weighted by atomic mass is 10.1. The van der Waals surface area contributed by atoms with E-state index in [0.29, 0.717) is 18.0 Å². The van der Waals surface area contributed by atoms with Crippen LogP contribution in [0.3, 0.4) is 0 Å². The van der Waals surface area contributed by atoms with Gasteiger partial charge in [-0.15, -0.1) is 0 Å². The Balaban J connectivity index is 1.98. The summed E-state index contributed by atoms with van der Waals surface area (Å²) < 4.78 is 34.7. The van der Waals surface area contributed by atoms with Crippen LogP contribution in [0.15, 0.2) is 83.8 Å². The summed E-state index contributed by atoms with van der Waals surface area (Å²) in [5.41, 5.74) is 1.13. The Bertz CT molecular complexity index is 1350. The van der Waals surface area contributed by atoms with Crippen LogP contribution in [-0.4, -0.2) is 51.4 Å². The zero-order valence-electron chi connectivity index (χ0n) is 22.5. The van der Waals surface area contributed by atoms with E-state index in [-0.39, 0.29) is 23.3 Å². The summed E-state index contributed by atoms with van der Waals surface area (Å²) in [5, 5.41) is 2.88. The van der Waals surface area contributed by atoms with E-state index >= 15 is 0 Å². The number of nitrogens with one attached hydrogen (secondary N) is 1. The summed E-state index contributed by atoms with van der Waals surface area (Å²) >= 11 is 2.14. The van der Waals surface area contributed by atoms with Crippen molar-refractivity contribution in [2.24, 2.45) is 5.92 Å². The molecule has 0 aromatic heterocycles. The van der Waals surface area contributed by atoms with Crippen molar-refractivity contribution in [2.45, 2.75) is 38.3 Å². The zero-order chi connectivity index (χ0) is 28.6. The van der Waals surface area contributed by atoms with Gasteiger partial charge in [-0.2, -0.15) is 0 Å². The zero-order valence-corrected chi connectivity index (χ0v) is 25.5. The van der Waals surface area contributed by atoms with E-state index in [1.54, 1.807) is 68.6 Å². The molecule has 0 spiro atoms. The van der Waals surface area contributed by atoms with Gasteiger partial charge in [0.05, 0.1) is 17.7 Å². The molecule has 3 rings (SSSR count). The van der Waals surface area contributed by atoms with Gasteiger partial charge in [0, 0.05) is 16.7 Å². The van der Waals surface area contributed by atoms with Crippen LogP contribution in [0.1, 0.15) is 26.3 Å². The van der Waals surface area contributed by atoms with Crippen molar-refractivity contribution in [3.05, 3.63) is 88.0 Å². The van der Waals surface area contributed by atoms with Gasteiger partial charge in [0.2, 0.25) is 11.8 Å². The van der Waals surface area contributed by atoms with Crippen LogP contribution in [0, 0.1) is 9.49 Å². The monoisotopic (exact) mass is 663 g/mol. The molecule has 0 aliphatic rings. The highest BCUT2D eigenvalue weighted by atomic mass is 127. The van der Waals surface area contributed by atoms with E-state index in [0.717, 1.165) is 13.4 Å². The first-order chi connectivity index (χ1) is 18.5. The molecule has 0 aliphatic heterocycles. The van der Waals surface area contributed by atoms with Gasteiger partial charge < -0.3 is 15.0 Å². The Morgan fingerprint density at radius 3 is 2.10 bits per heavy atom. The van der Waals surface area contributed by atoms with Crippen LogP contribution in [-0.2, 0) is 26.2 Å². The molecule has 0 unspecified atom stereocenters. The number of hydrogen-bond donors (Lipinski definition) is 1. The number of hydrogen-bond acceptors (Lipinski definition) is 5. The highest BCUT2D eigenvalue weighted by Gasteiger charge is 2.32. The molecule has 208 valence electrons. The van der Waals surface area contributed by atoms with Crippen LogP contribution in [0.4, 0.5) is 5.69 Å². The van der Waals surface area contributed by atoms with E-state index in [1.165, 1.54) is 17.0 Å². The van der Waals surface area contributed by atoms with Crippen molar-refractivity contribution in [1.82, 2.24) is 10.2 Å². The molecule has 2 amide bonds. The lowest BCUT2D eigenvalue weighted by Crippen LogP contribution is -2.51. The van der Waals surface area contributed by atoms with Gasteiger partial charge in [-0.05, 0) is 89.5 Å². The second-order valence-corrected chi connectivity index (χ2v) is 12.6. The Hall–Kier alpha value is -3.12. The van der Waals surface area contributed by atoms with Crippen molar-refractivity contribution >= 4 is 50.1 Å². The number of carbonyl (C=O) groups is 2. The van der Waals surface area contributed by atoms with E-state index in [9.17, 15) is 18.0 Å². The second kappa shape index (κ2) is 13.8. The van der Waals surface area contributed by atoms with Gasteiger partial charge in [0.1, 0.15) is 18.3 Å². The molecule has 0 bridgehead atoms. The van der Waals surface area contributed by atoms with Crippen molar-refractivity contribution in [1.29, 1.82) is 0 Å². The molecule has 8 nitrogen and oxygen atoms in total. The van der Waals surface area contributed by atoms with Crippen LogP contribution in [0.5, 0.6) is 5.75 Å². The van der Waals surface area contributed by atoms with Gasteiger partial charge in [0.25, 0.3) is 10.0 Å². The molecule has 0 heterocycles. The Labute approximate surface area is 244 Å². The molecule has 0 saturated carbocycles. The fourth-order valence-electron chi connectivity index (χ4n) is 3.82. The molecule has 3 aromatic rings. The smallest absolute Gasteiger partial charge is 0.264 e. The number of amides is 2. The highest BCUT2D eigenvalue weighted by molar-refractivity contribution is 14.1. The fourth-order valence-corrected chi connectivity index (χ4v) is 5.61. The van der Waals surface area contributed by atoms with Gasteiger partial charge >= 0.3 is 0 Å². The van der Waals surface area contributed by atoms with Gasteiger partial charge in [0.15, 0.2) is 0 Å². The maximum atomic E-state index is 13.9. The van der Waals surface area contributed by atoms with Gasteiger partial charge in [-0.1, -0.05) is 44.2 Å². The van der Waals surface area contributed by atoms with Gasteiger partial charge in [-0.25, -0.2) is 8.42 Å². The minimum atomic E-state index is -4.08. The maximum Gasteiger partial charge on any atom is 0.264 e. The molecule has 0 fully saturated rings. The van der Waals surface area contributed by atoms with Crippen LogP contribution in [0.25, 0.3) is 0 Å². The minimum absolute atomic E-state index is 0.0702. The summed E-state index contributed by atoms with van der Waals surface area (Å²) in [6.07, 6.45) is 0. The summed E-state index contributed by atoms with van der Waals surface area (Å²) in [5.74, 6) is 0.0887. The first kappa shape index (κ1) is 30.4. The normalized spacial score (nSPS) is 12.1. The van der Waals surface area contributed by atoms with E-state index in [1.807, 2.05) is 26.0 Å². The molecule has 1 atom stereocenters. The number of methoxy groups -OCH3 is 1. The predicted octanol–water partition coefficient (Wildman–Crippen LogP) is 4.68. The largest absolute Gasteiger partial charge is 0.497 e. The number of ether oxygens (including phenoxy) is 1. The summed E-state index contributed by atoms with van der Waals surface area (Å²) in [6.45, 7) is 5.72. The lowest BCUT2D eigenvalue weighted by molar-refractivity contribution is -0.139. The summed E-state index contributed by atoms with van der Waals surface area (Å²) in [6, 6.07) is 21.2. The average Bonchev–Trinajstić information content (AvgIpc) is 2.94. The number of sulfonamides is 1. The first-order valence-electron chi connectivity index (χ1n) is 12.6. The van der Waals surface area contributed by atoms with Crippen LogP contribution < -0.4 is 14.4 Å². The van der Waals surface area contributed by atoms with E-state index < -0.39 is 28.5 Å². The topological polar surface area (TPSA) is 96.0 Å². The third kappa shape index (κ3) is 8.18. The lowest BCUT2D eigenvalue weighted by Gasteiger charge is -2.32. The molecule has 1 N–H and O–H groups in total. The molecule has 0 radical (unpaired) electrons. The Morgan fingerprint density at radius 2 is 1.54 bits per heavy atom. The average molecular weight is 664 g/mol. The minimum Gasteiger partial charge on any atom is -0.497 e. The highest BCUT2D eigenvalue weighted by Crippen LogP contribution is 2.25. The van der Waals surface area contributed by atoms with Crippen molar-refractivity contribution < 1.29 is 22.7 Å². The predicted molar refractivity (Wildman–Crippen MR) is 161 cm³/mol. The molecule has 0 aliphatic carbocycles. The van der Waals surface area contributed by atoms with Gasteiger partial charge in [-0.3, -0.25) is 13.9 Å². The Kier molecular flexibility index (Phi) is 10.8. The van der Waals surface area contributed by atoms with Crippen LogP contribution in [0.2, 0.25) is 0 Å². The third-order valence-electron chi connectivity index (χ3n) is 6.09. The standard InChI is InChI=1S/C29H34IN3O5S/c1-21(2)18-31-29(35)22(3)32(19-23-10-16-26(38-4)17-11-23)28(34)20-33(25-14-12-24(30)13-15-25)39(36,37)27-8-6-5-7-9-27/h5-17,21-22H,18-20H2,1-4H3,(H,31,35)/t22-/m0/s1. The first-order valence-corrected chi connectivity index (χ1v) is 15.1. The number of benzene rings is 3. The van der Waals surface area contributed by atoms with Crippen molar-refractivity contribution in [3.63, 3.8) is 0 Å². The molecule has 0 saturated heterocycles. The number of rotatable bonds is 12. The quantitative estimate of drug-likeness (QED) is 0.284. The van der Waals surface area contributed by atoms with Crippen LogP contribution >= 0.6 is 22.6 Å². The van der Waals surface area contributed by atoms with E-state index in [4.69, 9.17) is 4.74 Å². The SMILES string of the molecule is COc1ccc(CN(C(=O)CN(c2ccc(I)cc2)S(=O)(=O)c2ccccc2)[C@@H](C)C(=O)NCC(C)C)cc1. The second-order valence-electron chi connectivity index (χ2n) is 9.49. The summed E-state index contributed by atoms with van der Waals surface area (Å²) in [4.78, 5) is 28.4. The number of nitrogens with zero attached hydrogens (tertiary/aromatic N) is 2. The molecular formula is C29H34IN3O5S. The molecule has 39 heavy (non-hydrogen) atoms. The van der Waals surface area contributed by atoms with Crippen molar-refractivity contribution in [2.75, 3.05) is 24.5 Å². The van der Waals surface area contributed by atoms with Crippen molar-refractivity contribution in [3.8, 4) is 5.75 Å². The third-order valence-corrected chi connectivity index (χ3v) is 8.60. The fraction of sp³-hybridized carbons (Fsp3) is 0.310. The molecular weight excluding hydrogens is 629 g/mol. The number of halogens is 1. The number of carbonyl (C=O) groups excluding carboxylic acids is 2. The maximum absolute atomic E-state index is 13.9. The van der Waals surface area contributed by atoms with E-state index in [2.05, 4.69) is 27.9 Å². The summed E-state index contributed by atoms with van der Waals surface area (Å²) in [7, 11) is -2.51. The number of anilines is 1. The molecule has 3 aromatic carbocycles.